The van der Waals surface area contributed by atoms with Gasteiger partial charge in [0.2, 0.25) is 7.38 Å². The molecule has 0 fully saturated rings. The summed E-state index contributed by atoms with van der Waals surface area (Å²) in [6, 6.07) is 112. The lowest BCUT2D eigenvalue weighted by molar-refractivity contribution is 1.55. The lowest BCUT2D eigenvalue weighted by Crippen LogP contribution is -2.63. The monoisotopic (exact) mass is 978 g/mol. The van der Waals surface area contributed by atoms with E-state index >= 15 is 0 Å². The van der Waals surface area contributed by atoms with Crippen LogP contribution in [0.1, 0.15) is 0 Å². The Hall–Kier alpha value is -8.85. The number of rotatable bonds is 12. The van der Waals surface area contributed by atoms with Crippen LogP contribution < -0.4 is 15.6 Å². The quantitative estimate of drug-likeness (QED) is 0.0650. The fraction of sp³-hybridized carbons (Fsp3) is 0. The van der Waals surface area contributed by atoms with Crippen LogP contribution in [0.25, 0.3) is 100 Å². The van der Waals surface area contributed by atoms with Crippen molar-refractivity contribution < 1.29 is 0 Å². The predicted octanol–water partition coefficient (Wildman–Crippen LogP) is 17.9. The highest BCUT2D eigenvalue weighted by Crippen LogP contribution is 2.45. The zero-order valence-electron chi connectivity index (χ0n) is 40.8. The van der Waals surface area contributed by atoms with Gasteiger partial charge in [-0.1, -0.05) is 309 Å². The van der Waals surface area contributed by atoms with Gasteiger partial charge in [-0.2, -0.15) is 0 Å². The van der Waals surface area contributed by atoms with Crippen molar-refractivity contribution in [2.45, 2.75) is 0 Å². The maximum atomic E-state index is 9.41. The zero-order valence-corrected chi connectivity index (χ0v) is 42.6. The van der Waals surface area contributed by atoms with E-state index < -0.39 is 7.38 Å². The molecule has 0 saturated heterocycles. The molecule has 0 saturated carbocycles. The van der Waals surface area contributed by atoms with E-state index in [1.54, 1.807) is 0 Å². The van der Waals surface area contributed by atoms with E-state index in [1.165, 1.54) is 16.7 Å². The van der Waals surface area contributed by atoms with Crippen molar-refractivity contribution in [3.8, 4) is 100 Å². The summed E-state index contributed by atoms with van der Waals surface area (Å²) in [6.45, 7) is 0. The summed E-state index contributed by atoms with van der Waals surface area (Å²) in [6.07, 6.45) is 0. The highest BCUT2D eigenvalue weighted by atomic mass is 35.6. The Morgan fingerprint density at radius 2 is 0.311 bits per heavy atom. The average Bonchev–Trinajstić information content (AvgIpc) is 3.52. The summed E-state index contributed by atoms with van der Waals surface area (Å²) in [4.78, 5) is 0. The SMILES string of the molecule is Cl[Si](c1cc(-c2ccccc2)c(-c2ccccc2)c(-c2ccccc2)c1)(c1cc(-c2ccccc2)c(-c2ccccc2)c(-c2ccccc2)c1)c1cc(-c2ccccc2)c(-c2ccccc2)c(-c2ccccc2)c1. The van der Waals surface area contributed by atoms with Crippen LogP contribution in [-0.4, -0.2) is 7.38 Å². The molecule has 74 heavy (non-hydrogen) atoms. The topological polar surface area (TPSA) is 0 Å². The van der Waals surface area contributed by atoms with E-state index in [9.17, 15) is 11.1 Å². The molecule has 0 unspecified atom stereocenters. The van der Waals surface area contributed by atoms with Crippen molar-refractivity contribution in [2.24, 2.45) is 0 Å². The third-order valence-electron chi connectivity index (χ3n) is 14.3. The van der Waals surface area contributed by atoms with Gasteiger partial charge in [-0.05, 0) is 116 Å². The first-order valence-corrected chi connectivity index (χ1v) is 28.4. The Labute approximate surface area is 440 Å². The van der Waals surface area contributed by atoms with Gasteiger partial charge >= 0.3 is 0 Å². The molecular formula is C72H51ClSi. The molecule has 12 aromatic carbocycles. The number of hydrogen-bond acceptors (Lipinski definition) is 0. The average molecular weight is 980 g/mol. The maximum absolute atomic E-state index is 9.41. The van der Waals surface area contributed by atoms with Crippen LogP contribution in [0.2, 0.25) is 0 Å². The molecular weight excluding hydrogens is 928 g/mol. The fourth-order valence-corrected chi connectivity index (χ4v) is 14.9. The van der Waals surface area contributed by atoms with E-state index in [2.05, 4.69) is 309 Å². The van der Waals surface area contributed by atoms with Gasteiger partial charge in [0.05, 0.1) is 0 Å². The molecule has 0 aliphatic heterocycles. The van der Waals surface area contributed by atoms with Gasteiger partial charge in [0.1, 0.15) is 0 Å². The van der Waals surface area contributed by atoms with E-state index in [0.717, 1.165) is 99.0 Å². The predicted molar refractivity (Wildman–Crippen MR) is 319 cm³/mol. The van der Waals surface area contributed by atoms with Crippen molar-refractivity contribution >= 4 is 34.0 Å². The second kappa shape index (κ2) is 20.7. The van der Waals surface area contributed by atoms with Crippen molar-refractivity contribution in [2.75, 3.05) is 0 Å². The van der Waals surface area contributed by atoms with Gasteiger partial charge in [-0.15, -0.1) is 11.1 Å². The fourth-order valence-electron chi connectivity index (χ4n) is 10.8. The van der Waals surface area contributed by atoms with Crippen LogP contribution in [0.4, 0.5) is 0 Å². The Bertz CT molecular complexity index is 3240. The van der Waals surface area contributed by atoms with Gasteiger partial charge in [0.15, 0.2) is 0 Å². The second-order valence-electron chi connectivity index (χ2n) is 18.8. The Kier molecular flexibility index (Phi) is 12.9. The zero-order chi connectivity index (χ0) is 49.7. The summed E-state index contributed by atoms with van der Waals surface area (Å²) >= 11 is 9.41. The van der Waals surface area contributed by atoms with Crippen LogP contribution in [0.3, 0.4) is 0 Å². The molecule has 350 valence electrons. The second-order valence-corrected chi connectivity index (χ2v) is 23.5. The van der Waals surface area contributed by atoms with Gasteiger partial charge in [-0.25, -0.2) is 0 Å². The molecule has 0 N–H and O–H groups in total. The smallest absolute Gasteiger partial charge is 0.149 e. The lowest BCUT2D eigenvalue weighted by atomic mass is 9.87. The van der Waals surface area contributed by atoms with Crippen LogP contribution in [0.15, 0.2) is 309 Å². The van der Waals surface area contributed by atoms with Crippen molar-refractivity contribution in [3.63, 3.8) is 0 Å². The summed E-state index contributed by atoms with van der Waals surface area (Å²) < 4.78 is 0. The minimum atomic E-state index is -3.76. The first-order valence-electron chi connectivity index (χ1n) is 25.3. The Morgan fingerprint density at radius 1 is 0.176 bits per heavy atom. The normalized spacial score (nSPS) is 11.3. The standard InChI is InChI=1S/C72H51ClSi/c73-74(61-46-64(52-28-10-1-11-29-52)70(58-40-22-7-23-41-58)65(47-61)53-30-12-2-13-31-53,62-48-66(54-32-14-3-15-33-54)71(59-42-24-8-25-43-59)67(49-62)55-34-16-4-17-35-55)63-50-68(56-36-18-5-19-37-56)72(60-44-26-9-27-45-60)69(51-63)57-38-20-6-21-39-57/h1-51H. The van der Waals surface area contributed by atoms with Gasteiger partial charge in [0.25, 0.3) is 0 Å². The van der Waals surface area contributed by atoms with E-state index in [1.807, 2.05) is 0 Å². The molecule has 0 amide bonds. The van der Waals surface area contributed by atoms with Crippen LogP contribution in [0.5, 0.6) is 0 Å². The highest BCUT2D eigenvalue weighted by molar-refractivity contribution is 7.40. The van der Waals surface area contributed by atoms with Crippen molar-refractivity contribution in [1.29, 1.82) is 0 Å². The third-order valence-corrected chi connectivity index (χ3v) is 19.5. The van der Waals surface area contributed by atoms with Gasteiger partial charge < -0.3 is 0 Å². The largest absolute Gasteiger partial charge is 0.248 e. The van der Waals surface area contributed by atoms with E-state index in [-0.39, 0.29) is 0 Å². The highest BCUT2D eigenvalue weighted by Gasteiger charge is 2.42. The molecule has 0 bridgehead atoms. The Morgan fingerprint density at radius 3 is 0.459 bits per heavy atom. The summed E-state index contributed by atoms with van der Waals surface area (Å²) in [5.74, 6) is 0. The molecule has 0 atom stereocenters. The molecule has 0 aliphatic rings. The lowest BCUT2D eigenvalue weighted by Gasteiger charge is -2.32. The molecule has 12 rings (SSSR count). The summed E-state index contributed by atoms with van der Waals surface area (Å²) in [5.41, 5.74) is 20.5. The van der Waals surface area contributed by atoms with E-state index in [0.29, 0.717) is 0 Å². The maximum Gasteiger partial charge on any atom is 0.248 e. The molecule has 2 heteroatoms. The summed E-state index contributed by atoms with van der Waals surface area (Å²) in [7, 11) is -3.76. The van der Waals surface area contributed by atoms with Crippen molar-refractivity contribution in [3.05, 3.63) is 309 Å². The van der Waals surface area contributed by atoms with Crippen LogP contribution in [0, 0.1) is 0 Å². The first-order chi connectivity index (χ1) is 36.6. The Balaban J connectivity index is 1.29. The minimum Gasteiger partial charge on any atom is -0.149 e. The third kappa shape index (κ3) is 8.94. The molecule has 0 spiro atoms. The molecule has 0 nitrogen and oxygen atoms in total. The van der Waals surface area contributed by atoms with Crippen LogP contribution in [-0.2, 0) is 0 Å². The van der Waals surface area contributed by atoms with Gasteiger partial charge in [-0.3, -0.25) is 0 Å². The minimum absolute atomic E-state index is 1.09. The van der Waals surface area contributed by atoms with E-state index in [4.69, 9.17) is 0 Å². The number of benzene rings is 12. The first kappa shape index (κ1) is 46.2. The van der Waals surface area contributed by atoms with Crippen molar-refractivity contribution in [1.82, 2.24) is 0 Å². The molecule has 0 aromatic heterocycles. The summed E-state index contributed by atoms with van der Waals surface area (Å²) in [5, 5.41) is 3.27. The van der Waals surface area contributed by atoms with Gasteiger partial charge in [0, 0.05) is 0 Å². The molecule has 12 aromatic rings. The number of halogens is 1. The molecule has 0 radical (unpaired) electrons. The van der Waals surface area contributed by atoms with Crippen LogP contribution >= 0.6 is 11.1 Å². The molecule has 0 heterocycles. The number of hydrogen-bond donors (Lipinski definition) is 0. The molecule has 0 aliphatic carbocycles.